The van der Waals surface area contributed by atoms with Crippen LogP contribution in [0.25, 0.3) is 0 Å². The number of aryl methyl sites for hydroxylation is 2. The Morgan fingerprint density at radius 3 is 2.03 bits per heavy atom. The summed E-state index contributed by atoms with van der Waals surface area (Å²) in [7, 11) is 3.55. The summed E-state index contributed by atoms with van der Waals surface area (Å²) in [5.41, 5.74) is 12.6. The van der Waals surface area contributed by atoms with Crippen molar-refractivity contribution in [1.29, 1.82) is 0 Å². The van der Waals surface area contributed by atoms with Crippen LogP contribution in [0.1, 0.15) is 133 Å². The van der Waals surface area contributed by atoms with E-state index in [2.05, 4.69) is 33.1 Å². The van der Waals surface area contributed by atoms with Crippen molar-refractivity contribution >= 4 is 57.9 Å². The molecule has 4 heterocycles. The first kappa shape index (κ1) is 56.2. The van der Waals surface area contributed by atoms with Crippen molar-refractivity contribution in [3.8, 4) is 17.2 Å². The van der Waals surface area contributed by atoms with Gasteiger partial charge in [-0.1, -0.05) is 50.2 Å². The SMILES string of the molecule is CCNOCCCCC(=O)CCCCC(=O)N[C@@H](C)C(=O)C[C@@H](C)C(=O)Nc1cc(COc2cc3c(cc2C)C(=O)N2c4ccccc4C[C@H]2CN3C)cc(COc2cc3c(cc2OC)C(=O)N2c4ccccc4C[C@H]2CC3)c1. The lowest BCUT2D eigenvalue weighted by Gasteiger charge is -2.25. The first-order valence-electron chi connectivity index (χ1n) is 28.0. The Kier molecular flexibility index (Phi) is 18.1. The van der Waals surface area contributed by atoms with Gasteiger partial charge in [0.1, 0.15) is 24.7 Å². The molecule has 0 aromatic heterocycles. The van der Waals surface area contributed by atoms with Gasteiger partial charge in [-0.2, -0.15) is 0 Å². The molecule has 3 N–H and O–H groups in total. The number of carbonyl (C=O) groups is 6. The summed E-state index contributed by atoms with van der Waals surface area (Å²) in [5.74, 6) is -0.125. The number of fused-ring (bicyclic) bond motifs is 8. The lowest BCUT2D eigenvalue weighted by Crippen LogP contribution is -2.41. The van der Waals surface area contributed by atoms with Crippen LogP contribution in [0.3, 0.4) is 0 Å². The number of benzene rings is 5. The first-order valence-corrected chi connectivity index (χ1v) is 28.0. The number of unbranched alkanes of at least 4 members (excludes halogenated alkanes) is 2. The molecule has 79 heavy (non-hydrogen) atoms. The fraction of sp³-hybridized carbons (Fsp3) is 0.429. The van der Waals surface area contributed by atoms with Crippen LogP contribution in [0.4, 0.5) is 22.7 Å². The third-order valence-corrected chi connectivity index (χ3v) is 15.6. The molecule has 5 aromatic rings. The van der Waals surface area contributed by atoms with E-state index in [1.165, 1.54) is 11.1 Å². The molecule has 0 spiro atoms. The van der Waals surface area contributed by atoms with Gasteiger partial charge in [0.2, 0.25) is 11.8 Å². The lowest BCUT2D eigenvalue weighted by molar-refractivity contribution is -0.129. The van der Waals surface area contributed by atoms with E-state index in [-0.39, 0.29) is 73.3 Å². The van der Waals surface area contributed by atoms with Crippen LogP contribution in [-0.2, 0) is 56.5 Å². The molecule has 9 rings (SSSR count). The second-order valence-electron chi connectivity index (χ2n) is 21.6. The van der Waals surface area contributed by atoms with Crippen LogP contribution in [-0.4, -0.2) is 87.2 Å². The highest BCUT2D eigenvalue weighted by atomic mass is 16.6. The maximum Gasteiger partial charge on any atom is 0.260 e. The molecule has 0 radical (unpaired) electrons. The zero-order valence-corrected chi connectivity index (χ0v) is 46.4. The Labute approximate surface area is 463 Å². The molecule has 4 atom stereocenters. The molecule has 0 saturated carbocycles. The molecule has 4 aliphatic heterocycles. The molecule has 0 bridgehead atoms. The van der Waals surface area contributed by atoms with Crippen LogP contribution >= 0.6 is 0 Å². The normalized spacial score (nSPS) is 16.8. The van der Waals surface area contributed by atoms with Crippen molar-refractivity contribution in [1.82, 2.24) is 10.8 Å². The zero-order chi connectivity index (χ0) is 55.7. The number of methoxy groups -OCH3 is 1. The largest absolute Gasteiger partial charge is 0.493 e. The quantitative estimate of drug-likeness (QED) is 0.0372. The van der Waals surface area contributed by atoms with Gasteiger partial charge in [0.25, 0.3) is 11.8 Å². The van der Waals surface area contributed by atoms with Crippen molar-refractivity contribution in [3.63, 3.8) is 0 Å². The van der Waals surface area contributed by atoms with E-state index in [9.17, 15) is 28.8 Å². The van der Waals surface area contributed by atoms with Gasteiger partial charge in [-0.3, -0.25) is 28.8 Å². The molecule has 0 fully saturated rings. The molecule has 4 amide bonds. The van der Waals surface area contributed by atoms with Gasteiger partial charge in [0.15, 0.2) is 17.3 Å². The predicted molar refractivity (Wildman–Crippen MR) is 304 cm³/mol. The van der Waals surface area contributed by atoms with Gasteiger partial charge >= 0.3 is 0 Å². The fourth-order valence-corrected chi connectivity index (χ4v) is 11.4. The number of hydrogen-bond acceptors (Lipinski definition) is 12. The number of ketones is 2. The Bertz CT molecular complexity index is 3100. The molecule has 0 saturated heterocycles. The van der Waals surface area contributed by atoms with E-state index < -0.39 is 12.0 Å². The number of amides is 4. The minimum absolute atomic E-state index is 0.000134. The number of hydroxylamine groups is 1. The van der Waals surface area contributed by atoms with Crippen LogP contribution < -0.4 is 45.0 Å². The van der Waals surface area contributed by atoms with Crippen molar-refractivity contribution in [2.45, 2.75) is 136 Å². The number of Topliss-reactive ketones (excluding diaryl/α,β-unsaturated/α-hetero) is 2. The van der Waals surface area contributed by atoms with Crippen LogP contribution in [0.15, 0.2) is 91.0 Å². The lowest BCUT2D eigenvalue weighted by atomic mass is 9.99. The van der Waals surface area contributed by atoms with E-state index >= 15 is 0 Å². The van der Waals surface area contributed by atoms with E-state index in [0.717, 1.165) is 72.4 Å². The molecule has 416 valence electrons. The van der Waals surface area contributed by atoms with Crippen molar-refractivity contribution in [2.75, 3.05) is 53.9 Å². The standard InChI is InChI=1S/C63H74N6O10/c1-7-64-79-25-15-14-19-50(70)18-10-13-22-60(72)65-41(4)56(71)27-40(3)61(73)66-47-29-42(37-77-57-35-55-52(26-39(57)2)63(75)69-49(36-67(55)5)32-46-17-9-12-21-54(46)69)28-43(30-47)38-78-59-33-44-23-24-48-31-45-16-8-11-20-53(45)68(48)62(74)51(44)34-58(59)76-6/h8-9,11-12,16-17,20-21,26,28-30,33-35,40-41,48-49,64H,7,10,13-15,18-19,22-25,27,31-32,36-38H2,1-6H3,(H,65,72)(H,66,73)/t40-,41+,48-,49+/m1/s1. The molecule has 4 aliphatic rings. The second kappa shape index (κ2) is 25.5. The zero-order valence-electron chi connectivity index (χ0n) is 46.4. The highest BCUT2D eigenvalue weighted by molar-refractivity contribution is 6.12. The smallest absolute Gasteiger partial charge is 0.260 e. The third-order valence-electron chi connectivity index (χ3n) is 15.6. The van der Waals surface area contributed by atoms with Gasteiger partial charge < -0.3 is 44.4 Å². The number of hydrogen-bond donors (Lipinski definition) is 3. The van der Waals surface area contributed by atoms with Crippen molar-refractivity contribution in [3.05, 3.63) is 136 Å². The van der Waals surface area contributed by atoms with Crippen LogP contribution in [0, 0.1) is 12.8 Å². The van der Waals surface area contributed by atoms with Crippen molar-refractivity contribution < 1.29 is 47.8 Å². The molecule has 16 nitrogen and oxygen atoms in total. The topological polar surface area (TPSA) is 185 Å². The number of carbonyl (C=O) groups excluding carboxylic acids is 6. The first-order chi connectivity index (χ1) is 38.2. The number of nitrogens with one attached hydrogen (secondary N) is 3. The molecule has 16 heteroatoms. The second-order valence-corrected chi connectivity index (χ2v) is 21.6. The molecule has 5 aromatic carbocycles. The minimum Gasteiger partial charge on any atom is -0.493 e. The number of nitrogens with zero attached hydrogens (tertiary/aromatic N) is 3. The van der Waals surface area contributed by atoms with E-state index in [0.29, 0.717) is 84.9 Å². The average Bonchev–Trinajstić information content (AvgIpc) is 4.14. The van der Waals surface area contributed by atoms with E-state index in [4.69, 9.17) is 19.0 Å². The summed E-state index contributed by atoms with van der Waals surface area (Å²) >= 11 is 0. The highest BCUT2D eigenvalue weighted by Gasteiger charge is 2.40. The predicted octanol–water partition coefficient (Wildman–Crippen LogP) is 9.58. The van der Waals surface area contributed by atoms with Gasteiger partial charge in [-0.25, -0.2) is 5.48 Å². The Balaban J connectivity index is 0.872. The van der Waals surface area contributed by atoms with E-state index in [1.54, 1.807) is 27.0 Å². The number of likely N-dealkylation sites (N-methyl/N-ethyl adjacent to an activating group) is 1. The van der Waals surface area contributed by atoms with Gasteiger partial charge in [0, 0.05) is 86.5 Å². The van der Waals surface area contributed by atoms with Gasteiger partial charge in [0.05, 0.1) is 37.1 Å². The molecule has 0 unspecified atom stereocenters. The summed E-state index contributed by atoms with van der Waals surface area (Å²) in [6, 6.07) is 28.5. The summed E-state index contributed by atoms with van der Waals surface area (Å²) in [5, 5.41) is 5.80. The Hall–Kier alpha value is -7.56. The number of rotatable bonds is 25. The summed E-state index contributed by atoms with van der Waals surface area (Å²) < 4.78 is 19.0. The molecule has 0 aliphatic carbocycles. The molecular weight excluding hydrogens is 1000 g/mol. The van der Waals surface area contributed by atoms with Gasteiger partial charge in [-0.05, 0) is 147 Å². The Morgan fingerprint density at radius 2 is 1.33 bits per heavy atom. The summed E-state index contributed by atoms with van der Waals surface area (Å²) in [4.78, 5) is 92.1. The average molecular weight is 1080 g/mol. The number of ether oxygens (including phenoxy) is 3. The minimum atomic E-state index is -0.807. The van der Waals surface area contributed by atoms with Crippen LogP contribution in [0.2, 0.25) is 0 Å². The Morgan fingerprint density at radius 1 is 0.696 bits per heavy atom. The number of para-hydroxylation sites is 2. The maximum atomic E-state index is 14.2. The summed E-state index contributed by atoms with van der Waals surface area (Å²) in [6.07, 6.45) is 6.69. The van der Waals surface area contributed by atoms with Crippen LogP contribution in [0.5, 0.6) is 17.2 Å². The van der Waals surface area contributed by atoms with E-state index in [1.807, 2.05) is 103 Å². The maximum absolute atomic E-state index is 14.2. The summed E-state index contributed by atoms with van der Waals surface area (Å²) in [6.45, 7) is 9.28. The molecular formula is C63H74N6O10. The van der Waals surface area contributed by atoms with Gasteiger partial charge in [-0.15, -0.1) is 0 Å². The highest BCUT2D eigenvalue weighted by Crippen LogP contribution is 2.42. The van der Waals surface area contributed by atoms with Crippen molar-refractivity contribution in [2.24, 2.45) is 5.92 Å². The monoisotopic (exact) mass is 1070 g/mol. The third kappa shape index (κ3) is 13.1. The number of anilines is 4. The fourth-order valence-electron chi connectivity index (χ4n) is 11.4.